The van der Waals surface area contributed by atoms with Gasteiger partial charge in [0.2, 0.25) is 0 Å². The number of carboxylic acids is 2. The molecule has 1 heterocycles. The molecule has 40 heavy (non-hydrogen) atoms. The van der Waals surface area contributed by atoms with Gasteiger partial charge < -0.3 is 41.8 Å². The average Bonchev–Trinajstić information content (AvgIpc) is 2.93. The van der Waals surface area contributed by atoms with Crippen LogP contribution in [0.5, 0.6) is 0 Å². The summed E-state index contributed by atoms with van der Waals surface area (Å²) in [4.78, 5) is 56.2. The number of nitrogens with zero attached hydrogens (tertiary/aromatic N) is 2. The quantitative estimate of drug-likeness (QED) is 0.160. The number of nitrogen functional groups attached to an aromatic ring is 2. The minimum absolute atomic E-state index is 0.119. The Morgan fingerprint density at radius 3 is 1.35 bits per heavy atom. The standard InChI is InChI=1S/C26H28N6O8/c27-21-19(23(33)29-17(25(35)36)13-39-11-15-7-3-1-4-8-15)31-22(28)20(32-21)24(34)30-18(26(37)38)14-40-12-16-9-5-2-6-10-16/h1-10,17-18H,11-14H2,(H2,28,31)(H2,27,32)(H,29,33)(H,30,34)(H,35,36)(H,37,38)/t17-,18-/m0/s1. The minimum Gasteiger partial charge on any atom is -0.480 e. The highest BCUT2D eigenvalue weighted by Crippen LogP contribution is 2.14. The maximum Gasteiger partial charge on any atom is 0.328 e. The number of carboxylic acid groups (broad SMARTS) is 2. The Balaban J connectivity index is 1.61. The van der Waals surface area contributed by atoms with Gasteiger partial charge in [-0.25, -0.2) is 19.6 Å². The van der Waals surface area contributed by atoms with Crippen molar-refractivity contribution >= 4 is 35.4 Å². The Bertz CT molecular complexity index is 1240. The smallest absolute Gasteiger partial charge is 0.328 e. The number of nitrogens with two attached hydrogens (primary N) is 2. The Morgan fingerprint density at radius 1 is 0.675 bits per heavy atom. The van der Waals surface area contributed by atoms with E-state index in [1.807, 2.05) is 12.1 Å². The van der Waals surface area contributed by atoms with Crippen LogP contribution in [-0.4, -0.2) is 69.2 Å². The summed E-state index contributed by atoms with van der Waals surface area (Å²) in [6.45, 7) is -0.480. The topological polar surface area (TPSA) is 229 Å². The number of carbonyl (C=O) groups is 4. The van der Waals surface area contributed by atoms with Crippen molar-refractivity contribution in [3.63, 3.8) is 0 Å². The highest BCUT2D eigenvalue weighted by Gasteiger charge is 2.27. The number of rotatable bonds is 14. The van der Waals surface area contributed by atoms with Gasteiger partial charge in [0.05, 0.1) is 26.4 Å². The number of carbonyl (C=O) groups excluding carboxylic acids is 2. The molecule has 0 aliphatic heterocycles. The zero-order valence-electron chi connectivity index (χ0n) is 21.1. The van der Waals surface area contributed by atoms with Gasteiger partial charge in [-0.2, -0.15) is 0 Å². The normalized spacial score (nSPS) is 12.2. The molecule has 2 amide bonds. The zero-order valence-corrected chi connectivity index (χ0v) is 21.1. The van der Waals surface area contributed by atoms with E-state index >= 15 is 0 Å². The predicted molar refractivity (Wildman–Crippen MR) is 141 cm³/mol. The molecular formula is C26H28N6O8. The van der Waals surface area contributed by atoms with E-state index in [0.29, 0.717) is 0 Å². The predicted octanol–water partition coefficient (Wildman–Crippen LogP) is 0.441. The van der Waals surface area contributed by atoms with Gasteiger partial charge in [0.15, 0.2) is 35.1 Å². The number of hydrogen-bond acceptors (Lipinski definition) is 10. The molecule has 3 aromatic rings. The molecule has 0 aliphatic rings. The van der Waals surface area contributed by atoms with Crippen LogP contribution in [0.4, 0.5) is 11.6 Å². The van der Waals surface area contributed by atoms with Crippen molar-refractivity contribution in [2.24, 2.45) is 0 Å². The van der Waals surface area contributed by atoms with Crippen molar-refractivity contribution in [1.82, 2.24) is 20.6 Å². The third-order valence-electron chi connectivity index (χ3n) is 5.38. The first-order chi connectivity index (χ1) is 19.2. The zero-order chi connectivity index (χ0) is 29.1. The molecule has 0 bridgehead atoms. The first kappa shape index (κ1) is 29.5. The van der Waals surface area contributed by atoms with Crippen LogP contribution in [0.25, 0.3) is 0 Å². The van der Waals surface area contributed by atoms with E-state index in [2.05, 4.69) is 20.6 Å². The van der Waals surface area contributed by atoms with Gasteiger partial charge in [-0.3, -0.25) is 9.59 Å². The average molecular weight is 553 g/mol. The second kappa shape index (κ2) is 14.2. The first-order valence-corrected chi connectivity index (χ1v) is 11.9. The molecule has 2 aromatic carbocycles. The van der Waals surface area contributed by atoms with Crippen LogP contribution in [0.2, 0.25) is 0 Å². The van der Waals surface area contributed by atoms with Crippen LogP contribution in [-0.2, 0) is 32.3 Å². The van der Waals surface area contributed by atoms with Gasteiger partial charge in [-0.15, -0.1) is 0 Å². The highest BCUT2D eigenvalue weighted by atomic mass is 16.5. The van der Waals surface area contributed by atoms with Gasteiger partial charge in [0.25, 0.3) is 11.8 Å². The van der Waals surface area contributed by atoms with E-state index in [-0.39, 0.29) is 26.4 Å². The summed E-state index contributed by atoms with van der Waals surface area (Å²) < 4.78 is 10.8. The van der Waals surface area contributed by atoms with E-state index in [4.69, 9.17) is 20.9 Å². The van der Waals surface area contributed by atoms with Crippen LogP contribution in [0, 0.1) is 0 Å². The van der Waals surface area contributed by atoms with Crippen LogP contribution >= 0.6 is 0 Å². The molecule has 0 unspecified atom stereocenters. The van der Waals surface area contributed by atoms with Crippen LogP contribution in [0.15, 0.2) is 60.7 Å². The van der Waals surface area contributed by atoms with Gasteiger partial charge in [-0.05, 0) is 11.1 Å². The number of nitrogens with one attached hydrogen (secondary N) is 2. The van der Waals surface area contributed by atoms with Crippen LogP contribution in [0.3, 0.4) is 0 Å². The van der Waals surface area contributed by atoms with E-state index in [1.165, 1.54) is 0 Å². The second-order valence-electron chi connectivity index (χ2n) is 8.42. The van der Waals surface area contributed by atoms with Gasteiger partial charge in [-0.1, -0.05) is 60.7 Å². The summed E-state index contributed by atoms with van der Waals surface area (Å²) >= 11 is 0. The summed E-state index contributed by atoms with van der Waals surface area (Å²) in [7, 11) is 0. The molecule has 0 fully saturated rings. The van der Waals surface area contributed by atoms with E-state index < -0.39 is 58.9 Å². The number of hydrogen-bond donors (Lipinski definition) is 6. The van der Waals surface area contributed by atoms with Crippen molar-refractivity contribution in [2.45, 2.75) is 25.3 Å². The van der Waals surface area contributed by atoms with Crippen LogP contribution in [0.1, 0.15) is 32.1 Å². The van der Waals surface area contributed by atoms with Crippen molar-refractivity contribution in [3.05, 3.63) is 83.2 Å². The summed E-state index contributed by atoms with van der Waals surface area (Å²) in [6, 6.07) is 15.1. The molecule has 0 saturated heterocycles. The molecule has 1 aromatic heterocycles. The fourth-order valence-electron chi connectivity index (χ4n) is 3.34. The van der Waals surface area contributed by atoms with Gasteiger partial charge >= 0.3 is 11.9 Å². The van der Waals surface area contributed by atoms with Crippen molar-refractivity contribution in [3.8, 4) is 0 Å². The first-order valence-electron chi connectivity index (χ1n) is 11.9. The van der Waals surface area contributed by atoms with E-state index in [9.17, 15) is 29.4 Å². The van der Waals surface area contributed by atoms with Crippen molar-refractivity contribution in [1.29, 1.82) is 0 Å². The number of aliphatic carboxylic acids is 2. The summed E-state index contributed by atoms with van der Waals surface area (Å²) in [5, 5.41) is 23.4. The molecule has 2 atom stereocenters. The minimum atomic E-state index is -1.45. The molecule has 3 rings (SSSR count). The van der Waals surface area contributed by atoms with Gasteiger partial charge in [0.1, 0.15) is 0 Å². The molecular weight excluding hydrogens is 524 g/mol. The summed E-state index contributed by atoms with van der Waals surface area (Å²) in [5.41, 5.74) is 12.2. The second-order valence-corrected chi connectivity index (χ2v) is 8.42. The lowest BCUT2D eigenvalue weighted by Gasteiger charge is -2.17. The van der Waals surface area contributed by atoms with Crippen LogP contribution < -0.4 is 22.1 Å². The molecule has 0 radical (unpaired) electrons. The number of ether oxygens (including phenoxy) is 2. The maximum absolute atomic E-state index is 12.7. The number of benzene rings is 2. The number of amides is 2. The SMILES string of the molecule is Nc1nc(C(=O)N[C@@H](COCc2ccccc2)C(=O)O)c(N)nc1C(=O)N[C@@H](COCc1ccccc1)C(=O)O. The lowest BCUT2D eigenvalue weighted by molar-refractivity contribution is -0.142. The fourth-order valence-corrected chi connectivity index (χ4v) is 3.34. The Labute approximate surface area is 228 Å². The third-order valence-corrected chi connectivity index (χ3v) is 5.38. The molecule has 0 saturated carbocycles. The monoisotopic (exact) mass is 552 g/mol. The maximum atomic E-state index is 12.7. The van der Waals surface area contributed by atoms with E-state index in [0.717, 1.165) is 11.1 Å². The molecule has 210 valence electrons. The molecule has 0 spiro atoms. The Hall–Kier alpha value is -5.08. The third kappa shape index (κ3) is 8.47. The highest BCUT2D eigenvalue weighted by molar-refractivity contribution is 6.02. The molecule has 0 aliphatic carbocycles. The molecule has 14 nitrogen and oxygen atoms in total. The number of anilines is 2. The Morgan fingerprint density at radius 2 is 1.02 bits per heavy atom. The lowest BCUT2D eigenvalue weighted by atomic mass is 10.2. The summed E-state index contributed by atoms with van der Waals surface area (Å²) in [6.07, 6.45) is 0. The lowest BCUT2D eigenvalue weighted by Crippen LogP contribution is -2.45. The number of aromatic nitrogens is 2. The Kier molecular flexibility index (Phi) is 10.4. The fraction of sp³-hybridized carbons (Fsp3) is 0.231. The van der Waals surface area contributed by atoms with Crippen molar-refractivity contribution in [2.75, 3.05) is 24.7 Å². The summed E-state index contributed by atoms with van der Waals surface area (Å²) in [5.74, 6) is -5.83. The van der Waals surface area contributed by atoms with Gasteiger partial charge in [0, 0.05) is 0 Å². The van der Waals surface area contributed by atoms with E-state index in [1.54, 1.807) is 48.5 Å². The largest absolute Gasteiger partial charge is 0.480 e. The van der Waals surface area contributed by atoms with Crippen molar-refractivity contribution < 1.29 is 38.9 Å². The molecule has 14 heteroatoms. The molecule has 8 N–H and O–H groups in total.